The standard InChI is InChI=1S/C14H17NO4/c16-5-1-4-14(8-18-9-14)10-2-3-12-11(6-10)15-13(17)7-19-12/h2-3,6,16H,1,4-5,7-9H2,(H,15,17). The Hall–Kier alpha value is -1.59. The Morgan fingerprint density at radius 3 is 2.89 bits per heavy atom. The SMILES string of the molecule is O=C1COc2ccc(C3(CCCO)COC3)cc2N1. The van der Waals surface area contributed by atoms with E-state index in [4.69, 9.17) is 14.6 Å². The molecule has 5 heteroatoms. The average Bonchev–Trinajstić information content (AvgIpc) is 2.37. The number of fused-ring (bicyclic) bond motifs is 1. The summed E-state index contributed by atoms with van der Waals surface area (Å²) in [7, 11) is 0. The molecule has 2 N–H and O–H groups in total. The first-order valence-electron chi connectivity index (χ1n) is 6.49. The van der Waals surface area contributed by atoms with Crippen molar-refractivity contribution in [3.8, 4) is 5.75 Å². The second-order valence-corrected chi connectivity index (χ2v) is 5.15. The molecule has 0 bridgehead atoms. The lowest BCUT2D eigenvalue weighted by atomic mass is 9.75. The van der Waals surface area contributed by atoms with Crippen molar-refractivity contribution in [2.24, 2.45) is 0 Å². The first-order valence-corrected chi connectivity index (χ1v) is 6.49. The van der Waals surface area contributed by atoms with E-state index in [-0.39, 0.29) is 24.5 Å². The molecule has 1 fully saturated rings. The predicted molar refractivity (Wildman–Crippen MR) is 69.4 cm³/mol. The Bertz CT molecular complexity index is 496. The Balaban J connectivity index is 1.88. The van der Waals surface area contributed by atoms with Gasteiger partial charge in [0.2, 0.25) is 0 Å². The largest absolute Gasteiger partial charge is 0.482 e. The lowest BCUT2D eigenvalue weighted by Crippen LogP contribution is -2.47. The maximum Gasteiger partial charge on any atom is 0.262 e. The number of carbonyl (C=O) groups excluding carboxylic acids is 1. The van der Waals surface area contributed by atoms with Crippen molar-refractivity contribution in [3.05, 3.63) is 23.8 Å². The summed E-state index contributed by atoms with van der Waals surface area (Å²) in [5.41, 5.74) is 1.83. The zero-order valence-corrected chi connectivity index (χ0v) is 10.6. The molecule has 0 aliphatic carbocycles. The molecule has 2 aliphatic rings. The Morgan fingerprint density at radius 1 is 1.37 bits per heavy atom. The molecule has 0 atom stereocenters. The van der Waals surface area contributed by atoms with Gasteiger partial charge in [-0.25, -0.2) is 0 Å². The molecular weight excluding hydrogens is 246 g/mol. The molecule has 2 aliphatic heterocycles. The first-order chi connectivity index (χ1) is 9.23. The Labute approximate surface area is 111 Å². The fourth-order valence-corrected chi connectivity index (χ4v) is 2.63. The van der Waals surface area contributed by atoms with E-state index in [1.807, 2.05) is 18.2 Å². The van der Waals surface area contributed by atoms with Crippen LogP contribution in [0.2, 0.25) is 0 Å². The van der Waals surface area contributed by atoms with Crippen LogP contribution in [-0.4, -0.2) is 37.4 Å². The van der Waals surface area contributed by atoms with Gasteiger partial charge in [0.15, 0.2) is 6.61 Å². The minimum Gasteiger partial charge on any atom is -0.482 e. The number of amides is 1. The van der Waals surface area contributed by atoms with E-state index in [2.05, 4.69) is 5.32 Å². The van der Waals surface area contributed by atoms with Crippen molar-refractivity contribution in [1.82, 2.24) is 0 Å². The number of carbonyl (C=O) groups is 1. The highest BCUT2D eigenvalue weighted by molar-refractivity contribution is 5.95. The van der Waals surface area contributed by atoms with Gasteiger partial charge in [0.05, 0.1) is 18.9 Å². The van der Waals surface area contributed by atoms with E-state index in [9.17, 15) is 4.79 Å². The fourth-order valence-electron chi connectivity index (χ4n) is 2.63. The van der Waals surface area contributed by atoms with Crippen molar-refractivity contribution in [2.75, 3.05) is 31.7 Å². The summed E-state index contributed by atoms with van der Waals surface area (Å²) in [6, 6.07) is 5.88. The summed E-state index contributed by atoms with van der Waals surface area (Å²) in [5.74, 6) is 0.583. The van der Waals surface area contributed by atoms with E-state index < -0.39 is 0 Å². The van der Waals surface area contributed by atoms with Crippen LogP contribution in [0.15, 0.2) is 18.2 Å². The summed E-state index contributed by atoms with van der Waals surface area (Å²) >= 11 is 0. The molecule has 0 unspecified atom stereocenters. The molecule has 0 aromatic heterocycles. The van der Waals surface area contributed by atoms with Gasteiger partial charge in [0.1, 0.15) is 5.75 Å². The van der Waals surface area contributed by atoms with Crippen molar-refractivity contribution < 1.29 is 19.4 Å². The smallest absolute Gasteiger partial charge is 0.262 e. The number of hydrogen-bond acceptors (Lipinski definition) is 4. The van der Waals surface area contributed by atoms with Gasteiger partial charge in [-0.1, -0.05) is 6.07 Å². The van der Waals surface area contributed by atoms with Crippen LogP contribution in [0.1, 0.15) is 18.4 Å². The zero-order chi connectivity index (χ0) is 13.3. The zero-order valence-electron chi connectivity index (χ0n) is 10.6. The molecule has 1 amide bonds. The van der Waals surface area contributed by atoms with Crippen LogP contribution < -0.4 is 10.1 Å². The van der Waals surface area contributed by atoms with Crippen LogP contribution in [-0.2, 0) is 14.9 Å². The number of aliphatic hydroxyl groups is 1. The lowest BCUT2D eigenvalue weighted by Gasteiger charge is -2.42. The van der Waals surface area contributed by atoms with Gasteiger partial charge in [-0.15, -0.1) is 0 Å². The van der Waals surface area contributed by atoms with Crippen molar-refractivity contribution >= 4 is 11.6 Å². The Kier molecular flexibility index (Phi) is 3.16. The minimum absolute atomic E-state index is 0.0278. The molecule has 0 saturated carbocycles. The van der Waals surface area contributed by atoms with Gasteiger partial charge < -0.3 is 19.9 Å². The molecule has 0 radical (unpaired) electrons. The molecule has 1 saturated heterocycles. The van der Waals surface area contributed by atoms with Crippen LogP contribution in [0.3, 0.4) is 0 Å². The van der Waals surface area contributed by atoms with E-state index >= 15 is 0 Å². The highest BCUT2D eigenvalue weighted by atomic mass is 16.5. The number of hydrogen-bond donors (Lipinski definition) is 2. The molecule has 2 heterocycles. The molecule has 102 valence electrons. The Morgan fingerprint density at radius 2 is 2.21 bits per heavy atom. The minimum atomic E-state index is -0.126. The van der Waals surface area contributed by atoms with Crippen LogP contribution in [0.25, 0.3) is 0 Å². The van der Waals surface area contributed by atoms with Crippen molar-refractivity contribution in [3.63, 3.8) is 0 Å². The average molecular weight is 263 g/mol. The number of nitrogens with one attached hydrogen (secondary N) is 1. The van der Waals surface area contributed by atoms with E-state index in [0.29, 0.717) is 19.0 Å². The van der Waals surface area contributed by atoms with Gasteiger partial charge in [0, 0.05) is 12.0 Å². The van der Waals surface area contributed by atoms with Crippen LogP contribution >= 0.6 is 0 Å². The summed E-state index contributed by atoms with van der Waals surface area (Å²) in [4.78, 5) is 11.3. The van der Waals surface area contributed by atoms with Gasteiger partial charge in [-0.3, -0.25) is 4.79 Å². The molecule has 3 rings (SSSR count). The third-order valence-electron chi connectivity index (χ3n) is 3.79. The number of aliphatic hydroxyl groups excluding tert-OH is 1. The molecule has 19 heavy (non-hydrogen) atoms. The maximum atomic E-state index is 11.3. The maximum absolute atomic E-state index is 11.3. The van der Waals surface area contributed by atoms with E-state index in [1.165, 1.54) is 0 Å². The van der Waals surface area contributed by atoms with Crippen molar-refractivity contribution in [1.29, 1.82) is 0 Å². The number of benzene rings is 1. The van der Waals surface area contributed by atoms with Crippen LogP contribution in [0.4, 0.5) is 5.69 Å². The topological polar surface area (TPSA) is 67.8 Å². The molecule has 1 aromatic carbocycles. The summed E-state index contributed by atoms with van der Waals surface area (Å²) < 4.78 is 10.7. The van der Waals surface area contributed by atoms with Crippen LogP contribution in [0, 0.1) is 0 Å². The van der Waals surface area contributed by atoms with Gasteiger partial charge in [-0.05, 0) is 30.5 Å². The number of ether oxygens (including phenoxy) is 2. The monoisotopic (exact) mass is 263 g/mol. The molecular formula is C14H17NO4. The van der Waals surface area contributed by atoms with E-state index in [1.54, 1.807) is 0 Å². The fraction of sp³-hybridized carbons (Fsp3) is 0.500. The molecule has 1 aromatic rings. The summed E-state index contributed by atoms with van der Waals surface area (Å²) in [6.45, 7) is 1.60. The second-order valence-electron chi connectivity index (χ2n) is 5.15. The first kappa shape index (κ1) is 12.4. The third kappa shape index (κ3) is 2.19. The van der Waals surface area contributed by atoms with Gasteiger partial charge in [0.25, 0.3) is 5.91 Å². The van der Waals surface area contributed by atoms with Gasteiger partial charge in [-0.2, -0.15) is 0 Å². The quantitative estimate of drug-likeness (QED) is 0.852. The van der Waals surface area contributed by atoms with Gasteiger partial charge >= 0.3 is 0 Å². The van der Waals surface area contributed by atoms with Crippen LogP contribution in [0.5, 0.6) is 5.75 Å². The normalized spacial score (nSPS) is 19.9. The molecule has 5 nitrogen and oxygen atoms in total. The highest BCUT2D eigenvalue weighted by Crippen LogP contribution is 2.40. The number of anilines is 1. The lowest BCUT2D eigenvalue weighted by molar-refractivity contribution is -0.118. The summed E-state index contributed by atoms with van der Waals surface area (Å²) in [5, 5.41) is 11.8. The highest BCUT2D eigenvalue weighted by Gasteiger charge is 2.40. The molecule has 0 spiro atoms. The number of rotatable bonds is 4. The third-order valence-corrected chi connectivity index (χ3v) is 3.79. The second kappa shape index (κ2) is 4.83. The van der Waals surface area contributed by atoms with E-state index in [0.717, 1.165) is 24.1 Å². The van der Waals surface area contributed by atoms with Crippen molar-refractivity contribution in [2.45, 2.75) is 18.3 Å². The summed E-state index contributed by atoms with van der Waals surface area (Å²) in [6.07, 6.45) is 1.64. The predicted octanol–water partition coefficient (Wildman–Crippen LogP) is 1.06.